The van der Waals surface area contributed by atoms with E-state index >= 15 is 0 Å². The van der Waals surface area contributed by atoms with E-state index in [1.54, 1.807) is 19.9 Å². The van der Waals surface area contributed by atoms with Crippen molar-refractivity contribution in [1.29, 1.82) is 0 Å². The summed E-state index contributed by atoms with van der Waals surface area (Å²) in [6, 6.07) is 9.96. The van der Waals surface area contributed by atoms with Crippen LogP contribution in [-0.2, 0) is 9.47 Å². The molecular weight excluding hydrogens is 388 g/mol. The minimum Gasteiger partial charge on any atom is -0.450 e. The van der Waals surface area contributed by atoms with Gasteiger partial charge in [0.05, 0.1) is 5.60 Å². The average molecular weight is 433 g/mol. The van der Waals surface area contributed by atoms with Gasteiger partial charge in [-0.2, -0.15) is 0 Å². The number of esters is 1. The fourth-order valence-corrected chi connectivity index (χ4v) is 3.29. The first-order valence-corrected chi connectivity index (χ1v) is 11.5. The Hall–Kier alpha value is -1.57. The number of aliphatic hydroxyl groups excluding tert-OH is 1. The van der Waals surface area contributed by atoms with Gasteiger partial charge >= 0.3 is 5.97 Å². The van der Waals surface area contributed by atoms with Crippen molar-refractivity contribution in [1.82, 2.24) is 0 Å². The summed E-state index contributed by atoms with van der Waals surface area (Å²) in [7, 11) is 0. The number of aliphatic hydroxyl groups is 1. The van der Waals surface area contributed by atoms with Gasteiger partial charge in [-0.25, -0.2) is 4.79 Å². The van der Waals surface area contributed by atoms with Gasteiger partial charge in [-0.15, -0.1) is 0 Å². The Morgan fingerprint density at radius 3 is 1.97 bits per heavy atom. The molecule has 0 spiro atoms. The summed E-state index contributed by atoms with van der Waals surface area (Å²) >= 11 is 0. The van der Waals surface area contributed by atoms with Crippen molar-refractivity contribution >= 4 is 5.97 Å². The molecule has 0 heterocycles. The lowest BCUT2D eigenvalue weighted by atomic mass is 9.66. The second kappa shape index (κ2) is 9.92. The zero-order valence-corrected chi connectivity index (χ0v) is 21.6. The summed E-state index contributed by atoms with van der Waals surface area (Å²) in [5.41, 5.74) is -0.0690. The monoisotopic (exact) mass is 432 g/mol. The van der Waals surface area contributed by atoms with Gasteiger partial charge in [-0.05, 0) is 69.9 Å². The molecule has 0 bridgehead atoms. The van der Waals surface area contributed by atoms with E-state index in [0.717, 1.165) is 24.8 Å². The van der Waals surface area contributed by atoms with E-state index < -0.39 is 23.5 Å². The molecule has 0 radical (unpaired) electrons. The molecule has 0 aliphatic heterocycles. The van der Waals surface area contributed by atoms with Crippen molar-refractivity contribution in [2.45, 2.75) is 119 Å². The van der Waals surface area contributed by atoms with Crippen LogP contribution in [0, 0.1) is 23.0 Å². The Morgan fingerprint density at radius 1 is 0.968 bits per heavy atom. The van der Waals surface area contributed by atoms with E-state index in [-0.39, 0.29) is 10.8 Å². The van der Waals surface area contributed by atoms with Gasteiger partial charge in [0.15, 0.2) is 11.9 Å². The van der Waals surface area contributed by atoms with E-state index in [0.29, 0.717) is 11.5 Å². The van der Waals surface area contributed by atoms with Gasteiger partial charge in [0.2, 0.25) is 0 Å². The molecule has 1 aromatic rings. The zero-order valence-electron chi connectivity index (χ0n) is 21.6. The molecule has 2 atom stereocenters. The van der Waals surface area contributed by atoms with Crippen molar-refractivity contribution in [3.8, 4) is 0 Å². The first-order chi connectivity index (χ1) is 13.9. The Morgan fingerprint density at radius 2 is 1.55 bits per heavy atom. The summed E-state index contributed by atoms with van der Waals surface area (Å²) in [5, 5.41) is 10.4. The Balaban J connectivity index is 3.05. The first kappa shape index (κ1) is 27.5. The van der Waals surface area contributed by atoms with Crippen molar-refractivity contribution in [2.75, 3.05) is 0 Å². The van der Waals surface area contributed by atoms with E-state index in [4.69, 9.17) is 9.47 Å². The molecule has 0 amide bonds. The maximum atomic E-state index is 12.7. The van der Waals surface area contributed by atoms with Crippen LogP contribution in [0.1, 0.15) is 117 Å². The number of carbonyl (C=O) groups excluding carboxylic acids is 1. The van der Waals surface area contributed by atoms with Crippen LogP contribution in [0.4, 0.5) is 0 Å². The fourth-order valence-electron chi connectivity index (χ4n) is 3.29. The molecule has 4 nitrogen and oxygen atoms in total. The quantitative estimate of drug-likeness (QED) is 0.330. The molecule has 0 aliphatic rings. The molecule has 2 unspecified atom stereocenters. The van der Waals surface area contributed by atoms with Crippen molar-refractivity contribution in [3.63, 3.8) is 0 Å². The fraction of sp³-hybridized carbons (Fsp3) is 0.741. The van der Waals surface area contributed by atoms with Crippen LogP contribution in [0.15, 0.2) is 12.1 Å². The highest BCUT2D eigenvalue weighted by Crippen LogP contribution is 2.45. The maximum absolute atomic E-state index is 12.7. The van der Waals surface area contributed by atoms with E-state index in [9.17, 15) is 9.90 Å². The molecule has 0 aromatic heterocycles. The smallest absolute Gasteiger partial charge is 0.347 e. The average Bonchev–Trinajstić information content (AvgIpc) is 2.64. The third kappa shape index (κ3) is 8.13. The Bertz CT molecular complexity index is 708. The SMILES string of the molecule is CCC(C)(C)CC(c1c#cc(C(=O)OC(C)(C)C(O)OC(C)(C)C)cc1)C(C)(C)CC. The molecule has 0 saturated carbocycles. The number of rotatable bonds is 10. The molecule has 31 heavy (non-hydrogen) atoms. The van der Waals surface area contributed by atoms with Crippen LogP contribution in [0.3, 0.4) is 0 Å². The van der Waals surface area contributed by atoms with Gasteiger partial charge in [0.1, 0.15) is 5.56 Å². The molecule has 1 aromatic carbocycles. The largest absolute Gasteiger partial charge is 0.450 e. The van der Waals surface area contributed by atoms with Gasteiger partial charge in [0.25, 0.3) is 0 Å². The number of carbonyl (C=O) groups is 1. The van der Waals surface area contributed by atoms with Crippen molar-refractivity contribution in [2.24, 2.45) is 10.8 Å². The molecule has 1 rings (SSSR count). The zero-order chi connectivity index (χ0) is 24.3. The van der Waals surface area contributed by atoms with Crippen LogP contribution in [0.2, 0.25) is 0 Å². The van der Waals surface area contributed by atoms with E-state index in [1.807, 2.05) is 26.8 Å². The van der Waals surface area contributed by atoms with E-state index in [1.165, 1.54) is 0 Å². The van der Waals surface area contributed by atoms with Crippen LogP contribution in [-0.4, -0.2) is 28.6 Å². The lowest BCUT2D eigenvalue weighted by molar-refractivity contribution is -0.239. The highest BCUT2D eigenvalue weighted by Gasteiger charge is 2.37. The Labute approximate surface area is 190 Å². The summed E-state index contributed by atoms with van der Waals surface area (Å²) < 4.78 is 11.1. The van der Waals surface area contributed by atoms with Crippen LogP contribution in [0.5, 0.6) is 0 Å². The van der Waals surface area contributed by atoms with Gasteiger partial charge < -0.3 is 14.6 Å². The number of hydrogen-bond donors (Lipinski definition) is 1. The van der Waals surface area contributed by atoms with Crippen LogP contribution >= 0.6 is 0 Å². The second-order valence-electron chi connectivity index (χ2n) is 11.6. The van der Waals surface area contributed by atoms with Gasteiger partial charge in [-0.1, -0.05) is 66.5 Å². The standard InChI is InChI=1S/C27H44O4/c1-12-25(6,7)18-21(26(8,9)13-2)19-14-16-20(17-15-19)22(28)30-27(10,11)23(29)31-24(3,4)5/h14,16,21,23,29H,12-13,18H2,1-11H3. The molecule has 176 valence electrons. The third-order valence-corrected chi connectivity index (χ3v) is 6.35. The van der Waals surface area contributed by atoms with E-state index in [2.05, 4.69) is 53.7 Å². The summed E-state index contributed by atoms with van der Waals surface area (Å²) in [6.45, 7) is 22.4. The highest BCUT2D eigenvalue weighted by molar-refractivity contribution is 5.88. The maximum Gasteiger partial charge on any atom is 0.347 e. The topological polar surface area (TPSA) is 55.8 Å². The summed E-state index contributed by atoms with van der Waals surface area (Å²) in [5.74, 6) is -0.239. The van der Waals surface area contributed by atoms with Crippen molar-refractivity contribution < 1.29 is 19.4 Å². The minimum absolute atomic E-state index is 0.106. The lowest BCUT2D eigenvalue weighted by Gasteiger charge is -2.38. The van der Waals surface area contributed by atoms with Gasteiger partial charge in [-0.3, -0.25) is 0 Å². The summed E-state index contributed by atoms with van der Waals surface area (Å²) in [4.78, 5) is 12.7. The molecule has 1 N–H and O–H groups in total. The van der Waals surface area contributed by atoms with Crippen LogP contribution in [0.25, 0.3) is 0 Å². The molecule has 0 saturated heterocycles. The third-order valence-electron chi connectivity index (χ3n) is 6.35. The minimum atomic E-state index is -1.24. The first-order valence-electron chi connectivity index (χ1n) is 11.5. The van der Waals surface area contributed by atoms with Crippen molar-refractivity contribution in [3.05, 3.63) is 35.4 Å². The predicted molar refractivity (Wildman–Crippen MR) is 126 cm³/mol. The van der Waals surface area contributed by atoms with Crippen LogP contribution < -0.4 is 0 Å². The molecular formula is C27H44O4. The number of ether oxygens (including phenoxy) is 2. The number of hydrogen-bond acceptors (Lipinski definition) is 4. The normalized spacial score (nSPS) is 15.2. The lowest BCUT2D eigenvalue weighted by Crippen LogP contribution is -2.45. The van der Waals surface area contributed by atoms with Gasteiger partial charge in [0, 0.05) is 5.56 Å². The highest BCUT2D eigenvalue weighted by atomic mass is 16.7. The predicted octanol–water partition coefficient (Wildman–Crippen LogP) is 6.70. The molecule has 0 aliphatic carbocycles. The molecule has 4 heteroatoms. The Kier molecular flexibility index (Phi) is 8.79. The second-order valence-corrected chi connectivity index (χ2v) is 11.6. The molecule has 0 fully saturated rings. The summed E-state index contributed by atoms with van der Waals surface area (Å²) in [6.07, 6.45) is 1.95.